The highest BCUT2D eigenvalue weighted by Crippen LogP contribution is 2.25. The number of oxazole rings is 1. The molecule has 0 saturated heterocycles. The molecule has 0 fully saturated rings. The van der Waals surface area contributed by atoms with Gasteiger partial charge >= 0.3 is 6.61 Å². The van der Waals surface area contributed by atoms with E-state index < -0.39 is 6.61 Å². The van der Waals surface area contributed by atoms with Gasteiger partial charge in [0.1, 0.15) is 17.8 Å². The molecule has 7 nitrogen and oxygen atoms in total. The molecular weight excluding hydrogens is 394 g/mol. The Kier molecular flexibility index (Phi) is 7.20. The van der Waals surface area contributed by atoms with Crippen molar-refractivity contribution in [3.63, 3.8) is 0 Å². The third-order valence-electron chi connectivity index (χ3n) is 4.16. The summed E-state index contributed by atoms with van der Waals surface area (Å²) >= 11 is 0. The topological polar surface area (TPSA) is 80.9 Å². The molecule has 1 aromatic heterocycles. The van der Waals surface area contributed by atoms with E-state index in [0.717, 1.165) is 5.56 Å². The van der Waals surface area contributed by atoms with Crippen molar-refractivity contribution in [3.8, 4) is 23.0 Å². The minimum absolute atomic E-state index is 0.0674. The Labute approximate surface area is 172 Å². The van der Waals surface area contributed by atoms with Gasteiger partial charge in [0.25, 0.3) is 0 Å². The molecular formula is C21H22F2N4O3. The van der Waals surface area contributed by atoms with Gasteiger partial charge in [-0.3, -0.25) is 4.99 Å². The molecule has 0 aliphatic rings. The number of hydrogen-bond donors (Lipinski definition) is 2. The normalized spacial score (nSPS) is 11.4. The number of hydrogen-bond acceptors (Lipinski definition) is 5. The Morgan fingerprint density at radius 2 is 1.90 bits per heavy atom. The van der Waals surface area contributed by atoms with E-state index in [1.165, 1.54) is 13.2 Å². The van der Waals surface area contributed by atoms with Gasteiger partial charge in [0, 0.05) is 24.7 Å². The van der Waals surface area contributed by atoms with Crippen LogP contribution in [-0.4, -0.2) is 31.7 Å². The van der Waals surface area contributed by atoms with Gasteiger partial charge in [0.2, 0.25) is 5.89 Å². The number of benzene rings is 2. The van der Waals surface area contributed by atoms with Crippen LogP contribution in [0.25, 0.3) is 11.5 Å². The summed E-state index contributed by atoms with van der Waals surface area (Å²) in [4.78, 5) is 8.57. The summed E-state index contributed by atoms with van der Waals surface area (Å²) in [6.45, 7) is -2.35. The van der Waals surface area contributed by atoms with Crippen LogP contribution in [0.5, 0.6) is 11.5 Å². The second-order valence-corrected chi connectivity index (χ2v) is 6.14. The number of ether oxygens (including phenoxy) is 2. The lowest BCUT2D eigenvalue weighted by Crippen LogP contribution is -2.36. The van der Waals surface area contributed by atoms with Gasteiger partial charge in [-0.25, -0.2) is 4.98 Å². The number of guanidine groups is 1. The van der Waals surface area contributed by atoms with E-state index in [4.69, 9.17) is 9.15 Å². The van der Waals surface area contributed by atoms with Gasteiger partial charge in [-0.2, -0.15) is 8.78 Å². The highest BCUT2D eigenvalue weighted by Gasteiger charge is 2.12. The van der Waals surface area contributed by atoms with E-state index in [-0.39, 0.29) is 12.3 Å². The predicted molar refractivity (Wildman–Crippen MR) is 109 cm³/mol. The van der Waals surface area contributed by atoms with Crippen molar-refractivity contribution in [2.45, 2.75) is 19.7 Å². The molecule has 0 radical (unpaired) electrons. The number of halogens is 2. The number of nitrogens with zero attached hydrogens (tertiary/aromatic N) is 2. The van der Waals surface area contributed by atoms with Crippen LogP contribution in [0.15, 0.2) is 64.2 Å². The van der Waals surface area contributed by atoms with Gasteiger partial charge in [0.15, 0.2) is 5.96 Å². The Hall–Kier alpha value is -3.62. The maximum absolute atomic E-state index is 12.7. The third kappa shape index (κ3) is 5.69. The number of aliphatic imine (C=N–C) groups is 1. The van der Waals surface area contributed by atoms with E-state index in [1.54, 1.807) is 25.4 Å². The lowest BCUT2D eigenvalue weighted by molar-refractivity contribution is -0.0505. The number of rotatable bonds is 8. The standard InChI is InChI=1S/C21H22F2N4O3/c1-24-21(25-11-15-10-17(28-2)8-9-18(15)30-20(22)23)26-12-16-13-29-19(27-16)14-6-4-3-5-7-14/h3-10,13,20H,11-12H2,1-2H3,(H2,24,25,26). The second-order valence-electron chi connectivity index (χ2n) is 6.14. The van der Waals surface area contributed by atoms with E-state index >= 15 is 0 Å². The van der Waals surface area contributed by atoms with Crippen molar-refractivity contribution >= 4 is 5.96 Å². The average molecular weight is 416 g/mol. The molecule has 2 N–H and O–H groups in total. The van der Waals surface area contributed by atoms with Crippen molar-refractivity contribution in [2.75, 3.05) is 14.2 Å². The van der Waals surface area contributed by atoms with Crippen molar-refractivity contribution in [2.24, 2.45) is 4.99 Å². The first kappa shape index (κ1) is 21.1. The highest BCUT2D eigenvalue weighted by molar-refractivity contribution is 5.79. The van der Waals surface area contributed by atoms with Crippen LogP contribution < -0.4 is 20.1 Å². The van der Waals surface area contributed by atoms with Crippen LogP contribution in [0.1, 0.15) is 11.3 Å². The SMILES string of the molecule is CN=C(NCc1coc(-c2ccccc2)n1)NCc1cc(OC)ccc1OC(F)F. The minimum Gasteiger partial charge on any atom is -0.497 e. The van der Waals surface area contributed by atoms with Crippen LogP contribution in [0.4, 0.5) is 8.78 Å². The van der Waals surface area contributed by atoms with Crippen molar-refractivity contribution in [1.29, 1.82) is 0 Å². The molecule has 0 aliphatic heterocycles. The molecule has 0 spiro atoms. The fourth-order valence-electron chi connectivity index (χ4n) is 2.71. The summed E-state index contributed by atoms with van der Waals surface area (Å²) in [6, 6.07) is 14.2. The molecule has 0 bridgehead atoms. The van der Waals surface area contributed by atoms with Crippen LogP contribution in [0, 0.1) is 0 Å². The first-order valence-corrected chi connectivity index (χ1v) is 9.15. The van der Waals surface area contributed by atoms with Crippen LogP contribution in [0.3, 0.4) is 0 Å². The smallest absolute Gasteiger partial charge is 0.387 e. The summed E-state index contributed by atoms with van der Waals surface area (Å²) in [5.41, 5.74) is 2.08. The summed E-state index contributed by atoms with van der Waals surface area (Å²) in [7, 11) is 3.11. The fraction of sp³-hybridized carbons (Fsp3) is 0.238. The zero-order chi connectivity index (χ0) is 21.3. The minimum atomic E-state index is -2.92. The van der Waals surface area contributed by atoms with Crippen LogP contribution in [0.2, 0.25) is 0 Å². The average Bonchev–Trinajstić information content (AvgIpc) is 3.24. The largest absolute Gasteiger partial charge is 0.497 e. The zero-order valence-electron chi connectivity index (χ0n) is 16.6. The number of aromatic nitrogens is 1. The first-order valence-electron chi connectivity index (χ1n) is 9.15. The molecule has 0 aliphatic carbocycles. The summed E-state index contributed by atoms with van der Waals surface area (Å²) < 4.78 is 40.6. The van der Waals surface area contributed by atoms with Crippen molar-refractivity contribution in [3.05, 3.63) is 66.1 Å². The Morgan fingerprint density at radius 1 is 1.13 bits per heavy atom. The maximum atomic E-state index is 12.7. The molecule has 1 heterocycles. The summed E-state index contributed by atoms with van der Waals surface area (Å²) in [6.07, 6.45) is 1.57. The third-order valence-corrected chi connectivity index (χ3v) is 4.16. The van der Waals surface area contributed by atoms with Gasteiger partial charge in [-0.1, -0.05) is 18.2 Å². The molecule has 0 atom stereocenters. The van der Waals surface area contributed by atoms with E-state index in [9.17, 15) is 8.78 Å². The molecule has 0 amide bonds. The molecule has 30 heavy (non-hydrogen) atoms. The maximum Gasteiger partial charge on any atom is 0.387 e. The molecule has 0 saturated carbocycles. The van der Waals surface area contributed by atoms with E-state index in [1.807, 2.05) is 30.3 Å². The summed E-state index contributed by atoms with van der Waals surface area (Å²) in [5.74, 6) is 1.59. The summed E-state index contributed by atoms with van der Waals surface area (Å²) in [5, 5.41) is 6.17. The van der Waals surface area contributed by atoms with Crippen molar-refractivity contribution in [1.82, 2.24) is 15.6 Å². The lowest BCUT2D eigenvalue weighted by Gasteiger charge is -2.15. The number of nitrogens with one attached hydrogen (secondary N) is 2. The van der Waals surface area contributed by atoms with Gasteiger partial charge in [-0.05, 0) is 30.3 Å². The number of methoxy groups -OCH3 is 1. The van der Waals surface area contributed by atoms with Gasteiger partial charge < -0.3 is 24.5 Å². The Balaban J connectivity index is 1.60. The molecule has 2 aromatic carbocycles. The molecule has 158 valence electrons. The Morgan fingerprint density at radius 3 is 2.60 bits per heavy atom. The zero-order valence-corrected chi connectivity index (χ0v) is 16.6. The lowest BCUT2D eigenvalue weighted by atomic mass is 10.2. The molecule has 3 rings (SSSR count). The quantitative estimate of drug-likeness (QED) is 0.429. The van der Waals surface area contributed by atoms with Gasteiger partial charge in [0.05, 0.1) is 19.3 Å². The van der Waals surface area contributed by atoms with Crippen molar-refractivity contribution < 1.29 is 22.7 Å². The Bertz CT molecular complexity index is 977. The van der Waals surface area contributed by atoms with E-state index in [0.29, 0.717) is 35.4 Å². The van der Waals surface area contributed by atoms with Crippen LogP contribution >= 0.6 is 0 Å². The van der Waals surface area contributed by atoms with E-state index in [2.05, 4.69) is 25.3 Å². The second kappa shape index (κ2) is 10.2. The monoisotopic (exact) mass is 416 g/mol. The van der Waals surface area contributed by atoms with Crippen LogP contribution in [-0.2, 0) is 13.1 Å². The fourth-order valence-corrected chi connectivity index (χ4v) is 2.71. The number of alkyl halides is 2. The first-order chi connectivity index (χ1) is 14.6. The van der Waals surface area contributed by atoms with Gasteiger partial charge in [-0.15, -0.1) is 0 Å². The predicted octanol–water partition coefficient (Wildman–Crippen LogP) is 3.82. The molecule has 9 heteroatoms. The highest BCUT2D eigenvalue weighted by atomic mass is 19.3. The molecule has 3 aromatic rings. The molecule has 0 unspecified atom stereocenters.